The van der Waals surface area contributed by atoms with Gasteiger partial charge < -0.3 is 9.84 Å². The summed E-state index contributed by atoms with van der Waals surface area (Å²) in [5.74, 6) is -3.86. The molecule has 6 nitrogen and oxygen atoms in total. The summed E-state index contributed by atoms with van der Waals surface area (Å²) in [7, 11) is 0. The molecule has 2 N–H and O–H groups in total. The van der Waals surface area contributed by atoms with E-state index < -0.39 is 41.5 Å². The Kier molecular flexibility index (Phi) is 3.10. The molecule has 0 radical (unpaired) electrons. The fourth-order valence-corrected chi connectivity index (χ4v) is 2.15. The molecule has 1 aromatic rings. The zero-order valence-electron chi connectivity index (χ0n) is 10.4. The average molecular weight is 276 g/mol. The minimum absolute atomic E-state index is 0.651. The second-order valence-electron chi connectivity index (χ2n) is 4.80. The number of hydrogen-bond acceptors (Lipinski definition) is 4. The fraction of sp³-hybridized carbons (Fsp3) is 0.636. The van der Waals surface area contributed by atoms with Gasteiger partial charge in [0.15, 0.2) is 11.9 Å². The molecule has 1 aromatic heterocycles. The molecular weight excluding hydrogens is 262 g/mol. The number of aliphatic hydroxyl groups is 1. The number of halogens is 2. The van der Waals surface area contributed by atoms with Crippen molar-refractivity contribution in [2.75, 3.05) is 6.61 Å². The van der Waals surface area contributed by atoms with Crippen LogP contribution in [0.25, 0.3) is 0 Å². The topological polar surface area (TPSA) is 84.3 Å². The van der Waals surface area contributed by atoms with Gasteiger partial charge in [-0.1, -0.05) is 6.92 Å². The van der Waals surface area contributed by atoms with Crippen LogP contribution in [0.5, 0.6) is 0 Å². The third kappa shape index (κ3) is 2.00. The highest BCUT2D eigenvalue weighted by Crippen LogP contribution is 2.50. The first-order chi connectivity index (χ1) is 8.72. The lowest BCUT2D eigenvalue weighted by Gasteiger charge is -2.25. The van der Waals surface area contributed by atoms with Crippen molar-refractivity contribution >= 4 is 0 Å². The molecule has 106 valence electrons. The molecule has 2 rings (SSSR count). The van der Waals surface area contributed by atoms with Gasteiger partial charge in [0.2, 0.25) is 5.85 Å². The Morgan fingerprint density at radius 2 is 2.16 bits per heavy atom. The van der Waals surface area contributed by atoms with Crippen LogP contribution in [-0.2, 0) is 4.74 Å². The second kappa shape index (κ2) is 4.24. The van der Waals surface area contributed by atoms with Crippen LogP contribution in [0, 0.1) is 5.92 Å². The van der Waals surface area contributed by atoms with E-state index in [0.29, 0.717) is 0 Å². The number of alkyl halides is 2. The van der Waals surface area contributed by atoms with Crippen LogP contribution in [0.4, 0.5) is 8.78 Å². The van der Waals surface area contributed by atoms with E-state index in [0.717, 1.165) is 23.8 Å². The minimum atomic E-state index is -2.58. The molecule has 8 heteroatoms. The van der Waals surface area contributed by atoms with Crippen LogP contribution in [0.1, 0.15) is 20.1 Å². The van der Waals surface area contributed by atoms with Gasteiger partial charge in [-0.2, -0.15) is 0 Å². The van der Waals surface area contributed by atoms with Crippen LogP contribution in [0.3, 0.4) is 0 Å². The molecule has 0 saturated carbocycles. The van der Waals surface area contributed by atoms with E-state index >= 15 is 0 Å². The van der Waals surface area contributed by atoms with Crippen molar-refractivity contribution in [1.29, 1.82) is 0 Å². The molecule has 0 bridgehead atoms. The number of aliphatic hydroxyl groups excluding tert-OH is 1. The number of rotatable bonds is 2. The molecule has 1 aliphatic rings. The Morgan fingerprint density at radius 3 is 2.63 bits per heavy atom. The first-order valence-corrected chi connectivity index (χ1v) is 5.70. The van der Waals surface area contributed by atoms with Gasteiger partial charge in [0, 0.05) is 12.3 Å². The van der Waals surface area contributed by atoms with Gasteiger partial charge in [0.25, 0.3) is 5.56 Å². The Bertz CT molecular complexity index is 597. The van der Waals surface area contributed by atoms with Gasteiger partial charge in [0.1, 0.15) is 6.61 Å². The molecule has 0 amide bonds. The van der Waals surface area contributed by atoms with Gasteiger partial charge in [0.05, 0.1) is 5.92 Å². The van der Waals surface area contributed by atoms with Gasteiger partial charge in [-0.05, 0) is 6.92 Å². The highest BCUT2D eigenvalue weighted by Gasteiger charge is 2.62. The van der Waals surface area contributed by atoms with Gasteiger partial charge in [-0.3, -0.25) is 14.3 Å². The number of ether oxygens (including phenoxy) is 1. The SMILES string of the molecule is C[C@H]1[C@@](C)(F)[C@H](n2ccc(=O)[nH]c2=O)O[C@]1(F)CO. The smallest absolute Gasteiger partial charge is 0.330 e. The number of aromatic nitrogens is 2. The lowest BCUT2D eigenvalue weighted by Crippen LogP contribution is -2.41. The Balaban J connectivity index is 2.51. The number of hydrogen-bond donors (Lipinski definition) is 2. The van der Waals surface area contributed by atoms with Crippen molar-refractivity contribution in [3.63, 3.8) is 0 Å². The molecule has 0 aromatic carbocycles. The quantitative estimate of drug-likeness (QED) is 0.801. The Labute approximate surface area is 106 Å². The van der Waals surface area contributed by atoms with Gasteiger partial charge >= 0.3 is 5.69 Å². The molecule has 1 aliphatic heterocycles. The highest BCUT2D eigenvalue weighted by atomic mass is 19.2. The van der Waals surface area contributed by atoms with Crippen molar-refractivity contribution in [1.82, 2.24) is 9.55 Å². The summed E-state index contributed by atoms with van der Waals surface area (Å²) in [5, 5.41) is 8.99. The second-order valence-corrected chi connectivity index (χ2v) is 4.80. The van der Waals surface area contributed by atoms with E-state index in [4.69, 9.17) is 9.84 Å². The summed E-state index contributed by atoms with van der Waals surface area (Å²) in [6.07, 6.45) is -0.538. The van der Waals surface area contributed by atoms with Crippen LogP contribution < -0.4 is 11.2 Å². The number of nitrogens with zero attached hydrogens (tertiary/aromatic N) is 1. The molecular formula is C11H14F2N2O4. The third-order valence-corrected chi connectivity index (χ3v) is 3.60. The highest BCUT2D eigenvalue weighted by molar-refractivity contribution is 5.02. The predicted octanol–water partition coefficient (Wildman–Crippen LogP) is 0.0878. The summed E-state index contributed by atoms with van der Waals surface area (Å²) in [6, 6.07) is 1.00. The molecule has 0 spiro atoms. The van der Waals surface area contributed by atoms with Crippen molar-refractivity contribution in [2.45, 2.75) is 31.6 Å². The Hall–Kier alpha value is -1.54. The van der Waals surface area contributed by atoms with E-state index in [2.05, 4.69) is 0 Å². The van der Waals surface area contributed by atoms with E-state index in [-0.39, 0.29) is 0 Å². The maximum Gasteiger partial charge on any atom is 0.330 e. The average Bonchev–Trinajstić information content (AvgIpc) is 2.51. The van der Waals surface area contributed by atoms with Crippen LogP contribution in [0.2, 0.25) is 0 Å². The van der Waals surface area contributed by atoms with E-state index in [9.17, 15) is 18.4 Å². The first-order valence-electron chi connectivity index (χ1n) is 5.70. The predicted molar refractivity (Wildman–Crippen MR) is 61.0 cm³/mol. The zero-order chi connectivity index (χ0) is 14.4. The van der Waals surface area contributed by atoms with Crippen LogP contribution in [0.15, 0.2) is 21.9 Å². The van der Waals surface area contributed by atoms with E-state index in [1.54, 1.807) is 0 Å². The fourth-order valence-electron chi connectivity index (χ4n) is 2.15. The molecule has 4 atom stereocenters. The van der Waals surface area contributed by atoms with Crippen molar-refractivity contribution in [2.24, 2.45) is 5.92 Å². The summed E-state index contributed by atoms with van der Waals surface area (Å²) in [4.78, 5) is 24.5. The lowest BCUT2D eigenvalue weighted by atomic mass is 9.88. The zero-order valence-corrected chi connectivity index (χ0v) is 10.4. The maximum atomic E-state index is 14.6. The van der Waals surface area contributed by atoms with Gasteiger partial charge in [-0.15, -0.1) is 0 Å². The third-order valence-electron chi connectivity index (χ3n) is 3.60. The Morgan fingerprint density at radius 1 is 1.53 bits per heavy atom. The number of nitrogens with one attached hydrogen (secondary N) is 1. The summed E-state index contributed by atoms with van der Waals surface area (Å²) in [6.45, 7) is 1.30. The molecule has 1 saturated heterocycles. The molecule has 0 aliphatic carbocycles. The summed E-state index contributed by atoms with van der Waals surface area (Å²) in [5.41, 5.74) is -3.78. The van der Waals surface area contributed by atoms with Gasteiger partial charge in [-0.25, -0.2) is 13.6 Å². The monoisotopic (exact) mass is 276 g/mol. The number of H-pyrrole nitrogens is 1. The molecule has 19 heavy (non-hydrogen) atoms. The maximum absolute atomic E-state index is 14.6. The van der Waals surface area contributed by atoms with E-state index in [1.807, 2.05) is 4.98 Å². The first kappa shape index (κ1) is 13.9. The standard InChI is InChI=1S/C11H14F2N2O4/c1-6-10(2,12)8(19-11(6,13)5-16)15-4-3-7(17)14-9(15)18/h3-4,6,8,16H,5H2,1-2H3,(H,14,17,18)/t6-,8+,10+,11+/m0/s1. The number of aromatic amines is 1. The molecule has 2 heterocycles. The largest absolute Gasteiger partial charge is 0.390 e. The molecule has 0 unspecified atom stereocenters. The molecule has 1 fully saturated rings. The summed E-state index contributed by atoms with van der Waals surface area (Å²) < 4.78 is 34.4. The van der Waals surface area contributed by atoms with Crippen molar-refractivity contribution in [3.8, 4) is 0 Å². The van der Waals surface area contributed by atoms with Crippen LogP contribution in [-0.4, -0.2) is 32.8 Å². The van der Waals surface area contributed by atoms with Crippen molar-refractivity contribution < 1.29 is 18.6 Å². The van der Waals surface area contributed by atoms with Crippen molar-refractivity contribution in [3.05, 3.63) is 33.1 Å². The normalized spacial score (nSPS) is 38.6. The van der Waals surface area contributed by atoms with Crippen LogP contribution >= 0.6 is 0 Å². The minimum Gasteiger partial charge on any atom is -0.390 e. The lowest BCUT2D eigenvalue weighted by molar-refractivity contribution is -0.193. The van der Waals surface area contributed by atoms with E-state index in [1.165, 1.54) is 6.92 Å². The summed E-state index contributed by atoms with van der Waals surface area (Å²) >= 11 is 0.